The minimum Gasteiger partial charge on any atom is -0.351 e. The summed E-state index contributed by atoms with van der Waals surface area (Å²) in [6, 6.07) is 0. The fraction of sp³-hybridized carbons (Fsp3) is 0.929. The number of nitrogens with one attached hydrogen (secondary N) is 2. The van der Waals surface area contributed by atoms with E-state index in [9.17, 15) is 9.59 Å². The Morgan fingerprint density at radius 1 is 0.526 bits per heavy atom. The highest BCUT2D eigenvalue weighted by Crippen LogP contribution is 2.29. The molecule has 5 N–H and O–H groups in total. The van der Waals surface area contributed by atoms with Gasteiger partial charge in [-0.1, -0.05) is 59.3 Å². The molecule has 0 aliphatic heterocycles. The van der Waals surface area contributed by atoms with Crippen LogP contribution in [0.5, 0.6) is 0 Å². The Hall–Kier alpha value is -1.30. The van der Waals surface area contributed by atoms with Gasteiger partial charge in [-0.2, -0.15) is 0 Å². The van der Waals surface area contributed by atoms with Crippen molar-refractivity contribution in [2.24, 2.45) is 0 Å². The third-order valence-electron chi connectivity index (χ3n) is 7.34. The number of unbranched alkanes of at least 4 members (excludes halogenated alkanes) is 4. The van der Waals surface area contributed by atoms with Gasteiger partial charge in [0.05, 0.1) is 19.8 Å². The predicted octanol–water partition coefficient (Wildman–Crippen LogP) is 6.25. The molecule has 0 aliphatic carbocycles. The molecule has 0 fully saturated rings. The van der Waals surface area contributed by atoms with Crippen molar-refractivity contribution in [2.45, 2.75) is 147 Å². The van der Waals surface area contributed by atoms with Gasteiger partial charge in [0.25, 0.3) is 0 Å². The van der Waals surface area contributed by atoms with Gasteiger partial charge in [0.2, 0.25) is 11.8 Å². The molecule has 0 unspecified atom stereocenters. The van der Waals surface area contributed by atoms with Gasteiger partial charge in [-0.3, -0.25) is 25.4 Å². The number of carbonyl (C=O) groups is 2. The number of amides is 2. The minimum absolute atomic E-state index is 0.0751. The molecule has 0 heterocycles. The summed E-state index contributed by atoms with van der Waals surface area (Å²) in [5.41, 5.74) is -0.823. The van der Waals surface area contributed by atoms with Crippen molar-refractivity contribution in [3.05, 3.63) is 0 Å². The lowest BCUT2D eigenvalue weighted by Crippen LogP contribution is -2.50. The Balaban J connectivity index is 5.34. The molecule has 0 aliphatic rings. The standard InChI is InChI=1S/C28H56N2O8/c1-4-7-16-27(17-8-5-2,18-9-6-3)29-25(31)14-15-26(32)30-28(20-12-23-37-34,21-13-24-38-35)19-10-11-22-36-33/h33-35H,4-24H2,1-3H3,(H,29,31)(H,30,32). The molecule has 10 nitrogen and oxygen atoms in total. The smallest absolute Gasteiger partial charge is 0.220 e. The summed E-state index contributed by atoms with van der Waals surface area (Å²) in [4.78, 5) is 38.8. The topological polar surface area (TPSA) is 147 Å². The third-order valence-corrected chi connectivity index (χ3v) is 7.34. The largest absolute Gasteiger partial charge is 0.351 e. The highest BCUT2D eigenvalue weighted by Gasteiger charge is 2.32. The van der Waals surface area contributed by atoms with Crippen LogP contribution in [0.1, 0.15) is 136 Å². The number of hydrogen-bond acceptors (Lipinski definition) is 8. The Morgan fingerprint density at radius 3 is 1.18 bits per heavy atom. The summed E-state index contributed by atoms with van der Waals surface area (Å²) in [6.07, 6.45) is 13.5. The Kier molecular flexibility index (Phi) is 22.8. The van der Waals surface area contributed by atoms with Crippen molar-refractivity contribution < 1.29 is 40.0 Å². The fourth-order valence-electron chi connectivity index (χ4n) is 5.19. The molecule has 0 aromatic carbocycles. The van der Waals surface area contributed by atoms with Gasteiger partial charge < -0.3 is 10.6 Å². The van der Waals surface area contributed by atoms with Crippen molar-refractivity contribution in [3.63, 3.8) is 0 Å². The highest BCUT2D eigenvalue weighted by atomic mass is 17.1. The van der Waals surface area contributed by atoms with Crippen LogP contribution in [0.25, 0.3) is 0 Å². The zero-order valence-electron chi connectivity index (χ0n) is 24.2. The number of rotatable bonds is 27. The summed E-state index contributed by atoms with van der Waals surface area (Å²) < 4.78 is 0. The number of hydrogen-bond donors (Lipinski definition) is 5. The summed E-state index contributed by atoms with van der Waals surface area (Å²) in [7, 11) is 0. The molecule has 0 saturated carbocycles. The maximum atomic E-state index is 13.1. The van der Waals surface area contributed by atoms with Gasteiger partial charge in [0, 0.05) is 23.9 Å². The molecule has 2 amide bonds. The lowest BCUT2D eigenvalue weighted by atomic mass is 9.82. The quantitative estimate of drug-likeness (QED) is 0.0460. The van der Waals surface area contributed by atoms with Gasteiger partial charge in [-0.15, -0.1) is 0 Å². The van der Waals surface area contributed by atoms with Crippen LogP contribution in [0.2, 0.25) is 0 Å². The first kappa shape index (κ1) is 36.7. The lowest BCUT2D eigenvalue weighted by Gasteiger charge is -2.36. The zero-order valence-corrected chi connectivity index (χ0v) is 24.2. The molecule has 0 aromatic rings. The molecule has 226 valence electrons. The maximum absolute atomic E-state index is 13.1. The maximum Gasteiger partial charge on any atom is 0.220 e. The summed E-state index contributed by atoms with van der Waals surface area (Å²) >= 11 is 0. The van der Waals surface area contributed by atoms with Gasteiger partial charge in [0.15, 0.2) is 0 Å². The molecule has 0 saturated heterocycles. The Bertz CT molecular complexity index is 559. The first-order valence-corrected chi connectivity index (χ1v) is 14.8. The van der Waals surface area contributed by atoms with Crippen molar-refractivity contribution in [1.82, 2.24) is 10.6 Å². The van der Waals surface area contributed by atoms with Crippen LogP contribution in [0.4, 0.5) is 0 Å². The van der Waals surface area contributed by atoms with Crippen LogP contribution >= 0.6 is 0 Å². The van der Waals surface area contributed by atoms with Crippen molar-refractivity contribution in [2.75, 3.05) is 19.8 Å². The van der Waals surface area contributed by atoms with E-state index in [2.05, 4.69) is 46.1 Å². The van der Waals surface area contributed by atoms with E-state index >= 15 is 0 Å². The summed E-state index contributed by atoms with van der Waals surface area (Å²) in [5, 5.41) is 32.7. The molecule has 0 bridgehead atoms. The molecule has 0 rings (SSSR count). The molecule has 0 spiro atoms. The van der Waals surface area contributed by atoms with Crippen LogP contribution < -0.4 is 10.6 Å². The van der Waals surface area contributed by atoms with E-state index < -0.39 is 5.54 Å². The lowest BCUT2D eigenvalue weighted by molar-refractivity contribution is -0.245. The molecule has 38 heavy (non-hydrogen) atoms. The normalized spacial score (nSPS) is 12.1. The second-order valence-electron chi connectivity index (χ2n) is 10.6. The van der Waals surface area contributed by atoms with Gasteiger partial charge >= 0.3 is 0 Å². The molecule has 0 radical (unpaired) electrons. The van der Waals surface area contributed by atoms with E-state index in [-0.39, 0.29) is 50.0 Å². The first-order valence-electron chi connectivity index (χ1n) is 14.8. The van der Waals surface area contributed by atoms with E-state index in [1.807, 2.05) is 0 Å². The van der Waals surface area contributed by atoms with Crippen molar-refractivity contribution >= 4 is 11.8 Å². The van der Waals surface area contributed by atoms with E-state index in [1.54, 1.807) is 0 Å². The van der Waals surface area contributed by atoms with Crippen LogP contribution in [-0.4, -0.2) is 58.5 Å². The monoisotopic (exact) mass is 548 g/mol. The van der Waals surface area contributed by atoms with Crippen LogP contribution in [0, 0.1) is 0 Å². The molecule has 10 heteroatoms. The van der Waals surface area contributed by atoms with Crippen LogP contribution in [0.3, 0.4) is 0 Å². The SMILES string of the molecule is CCCCC(CCCC)(CCCC)NC(=O)CCC(=O)NC(CCCCOO)(CCCOO)CCCOO. The average Bonchev–Trinajstić information content (AvgIpc) is 2.91. The van der Waals surface area contributed by atoms with E-state index in [1.165, 1.54) is 0 Å². The van der Waals surface area contributed by atoms with Crippen LogP contribution in [0.15, 0.2) is 0 Å². The Morgan fingerprint density at radius 2 is 0.842 bits per heavy atom. The van der Waals surface area contributed by atoms with E-state index in [0.29, 0.717) is 44.9 Å². The summed E-state index contributed by atoms with van der Waals surface area (Å²) in [5.74, 6) is -0.300. The molecular formula is C28H56N2O8. The van der Waals surface area contributed by atoms with Crippen molar-refractivity contribution in [3.8, 4) is 0 Å². The van der Waals surface area contributed by atoms with E-state index in [0.717, 1.165) is 57.8 Å². The minimum atomic E-state index is -0.618. The first-order chi connectivity index (χ1) is 18.4. The molecule has 0 aromatic heterocycles. The fourth-order valence-corrected chi connectivity index (χ4v) is 5.19. The third kappa shape index (κ3) is 17.3. The summed E-state index contributed by atoms with van der Waals surface area (Å²) in [6.45, 7) is 6.95. The zero-order chi connectivity index (χ0) is 28.5. The second kappa shape index (κ2) is 23.6. The predicted molar refractivity (Wildman–Crippen MR) is 148 cm³/mol. The van der Waals surface area contributed by atoms with Gasteiger partial charge in [-0.25, -0.2) is 14.7 Å². The number of carbonyl (C=O) groups excluding carboxylic acids is 2. The van der Waals surface area contributed by atoms with Gasteiger partial charge in [-0.05, 0) is 64.2 Å². The van der Waals surface area contributed by atoms with Crippen LogP contribution in [-0.2, 0) is 24.3 Å². The Labute approximate surface area is 230 Å². The van der Waals surface area contributed by atoms with E-state index in [4.69, 9.17) is 15.8 Å². The molecular weight excluding hydrogens is 492 g/mol. The van der Waals surface area contributed by atoms with Crippen molar-refractivity contribution in [1.29, 1.82) is 0 Å². The highest BCUT2D eigenvalue weighted by molar-refractivity contribution is 5.84. The average molecular weight is 549 g/mol. The van der Waals surface area contributed by atoms with Gasteiger partial charge in [0.1, 0.15) is 0 Å². The second-order valence-corrected chi connectivity index (χ2v) is 10.6. The molecule has 0 atom stereocenters.